The fourth-order valence-corrected chi connectivity index (χ4v) is 2.78. The van der Waals surface area contributed by atoms with Crippen LogP contribution in [0.15, 0.2) is 33.8 Å². The molecule has 0 spiro atoms. The third kappa shape index (κ3) is 2.41. The Morgan fingerprint density at radius 1 is 1.32 bits per heavy atom. The molecule has 1 aliphatic heterocycles. The molecule has 0 N–H and O–H groups in total. The average molecular weight is 294 g/mol. The maximum Gasteiger partial charge on any atom is 0.268 e. The normalized spacial score (nSPS) is 18.7. The van der Waals surface area contributed by atoms with E-state index in [-0.39, 0.29) is 5.91 Å². The van der Waals surface area contributed by atoms with Crippen LogP contribution in [0.5, 0.6) is 0 Å². The van der Waals surface area contributed by atoms with Crippen molar-refractivity contribution in [3.8, 4) is 0 Å². The number of aromatic nitrogens is 2. The van der Waals surface area contributed by atoms with E-state index in [1.165, 1.54) is 11.8 Å². The molecular weight excluding hydrogens is 286 g/mol. The molecule has 1 atom stereocenters. The number of hydrogen-bond donors (Lipinski definition) is 0. The summed E-state index contributed by atoms with van der Waals surface area (Å²) in [5, 5.41) is 4.53. The Morgan fingerprint density at radius 2 is 2.05 bits per heavy atom. The van der Waals surface area contributed by atoms with Crippen LogP contribution in [0.2, 0.25) is 5.02 Å². The molecule has 96 valence electrons. The fourth-order valence-electron chi connectivity index (χ4n) is 1.66. The molecule has 0 radical (unpaired) electrons. The monoisotopic (exact) mass is 293 g/mol. The van der Waals surface area contributed by atoms with Gasteiger partial charge in [0.1, 0.15) is 5.04 Å². The van der Waals surface area contributed by atoms with Crippen LogP contribution < -0.4 is 0 Å². The van der Waals surface area contributed by atoms with Gasteiger partial charge in [-0.1, -0.05) is 40.7 Å². The van der Waals surface area contributed by atoms with E-state index in [0.29, 0.717) is 21.8 Å². The highest BCUT2D eigenvalue weighted by Crippen LogP contribution is 2.37. The molecule has 5 nitrogen and oxygen atoms in total. The molecule has 0 saturated heterocycles. The molecule has 2 heterocycles. The first-order valence-corrected chi connectivity index (χ1v) is 6.74. The molecule has 1 aromatic heterocycles. The minimum atomic E-state index is -0.525. The molecule has 19 heavy (non-hydrogen) atoms. The molecule has 2 aromatic rings. The van der Waals surface area contributed by atoms with Gasteiger partial charge in [-0.25, -0.2) is 4.99 Å². The first-order valence-electron chi connectivity index (χ1n) is 5.49. The van der Waals surface area contributed by atoms with Crippen molar-refractivity contribution in [3.63, 3.8) is 0 Å². The maximum atomic E-state index is 11.9. The number of hydrogen-bond acceptors (Lipinski definition) is 5. The molecule has 0 fully saturated rings. The van der Waals surface area contributed by atoms with Crippen molar-refractivity contribution in [2.45, 2.75) is 12.2 Å². The number of thioether (sulfide) groups is 1. The van der Waals surface area contributed by atoms with Crippen LogP contribution in [-0.4, -0.2) is 21.1 Å². The lowest BCUT2D eigenvalue weighted by Gasteiger charge is -2.01. The minimum absolute atomic E-state index is 0.268. The van der Waals surface area contributed by atoms with E-state index in [0.717, 1.165) is 5.56 Å². The van der Waals surface area contributed by atoms with Gasteiger partial charge in [-0.15, -0.1) is 0 Å². The lowest BCUT2D eigenvalue weighted by atomic mass is 10.2. The van der Waals surface area contributed by atoms with E-state index in [4.69, 9.17) is 16.1 Å². The van der Waals surface area contributed by atoms with Crippen LogP contribution >= 0.6 is 23.4 Å². The van der Waals surface area contributed by atoms with Gasteiger partial charge in [0.05, 0.1) is 0 Å². The summed E-state index contributed by atoms with van der Waals surface area (Å²) in [4.78, 5) is 20.0. The zero-order valence-corrected chi connectivity index (χ0v) is 11.4. The summed E-state index contributed by atoms with van der Waals surface area (Å²) >= 11 is 7.14. The van der Waals surface area contributed by atoms with Crippen molar-refractivity contribution in [1.82, 2.24) is 10.1 Å². The van der Waals surface area contributed by atoms with Gasteiger partial charge < -0.3 is 4.52 Å². The molecule has 1 aliphatic rings. The number of aliphatic imine (C=N–C) groups is 1. The second-order valence-electron chi connectivity index (χ2n) is 3.93. The van der Waals surface area contributed by atoms with Crippen molar-refractivity contribution in [2.24, 2.45) is 4.99 Å². The zero-order valence-electron chi connectivity index (χ0n) is 9.83. The Kier molecular flexibility index (Phi) is 3.12. The summed E-state index contributed by atoms with van der Waals surface area (Å²) in [6, 6.07) is 7.17. The Balaban J connectivity index is 1.86. The summed E-state index contributed by atoms with van der Waals surface area (Å²) in [5.41, 5.74) is 0.852. The minimum Gasteiger partial charge on any atom is -0.340 e. The number of carbonyl (C=O) groups is 1. The number of nitrogens with zero attached hydrogens (tertiary/aromatic N) is 3. The third-order valence-corrected chi connectivity index (χ3v) is 3.98. The van der Waals surface area contributed by atoms with Gasteiger partial charge in [-0.3, -0.25) is 4.79 Å². The van der Waals surface area contributed by atoms with Crippen molar-refractivity contribution in [2.75, 3.05) is 0 Å². The topological polar surface area (TPSA) is 68.3 Å². The van der Waals surface area contributed by atoms with Crippen molar-refractivity contribution in [3.05, 3.63) is 46.6 Å². The van der Waals surface area contributed by atoms with Crippen LogP contribution in [0.1, 0.15) is 22.5 Å². The number of rotatable bonds is 2. The van der Waals surface area contributed by atoms with Crippen LogP contribution in [-0.2, 0) is 4.79 Å². The van der Waals surface area contributed by atoms with Crippen molar-refractivity contribution >= 4 is 34.3 Å². The summed E-state index contributed by atoms with van der Waals surface area (Å²) in [5.74, 6) is 0.527. The predicted octanol–water partition coefficient (Wildman–Crippen LogP) is 2.79. The maximum absolute atomic E-state index is 11.9. The lowest BCUT2D eigenvalue weighted by molar-refractivity contribution is -0.117. The standard InChI is InChI=1S/C12H8ClN3O2S/c1-6-14-10(16-18-6)9-11(17)15-12(19-9)7-2-4-8(13)5-3-7/h2-5,9H,1H3. The Labute approximate surface area is 118 Å². The lowest BCUT2D eigenvalue weighted by Crippen LogP contribution is -2.03. The number of benzene rings is 1. The van der Waals surface area contributed by atoms with E-state index in [1.54, 1.807) is 19.1 Å². The molecule has 0 saturated carbocycles. The van der Waals surface area contributed by atoms with E-state index in [1.807, 2.05) is 12.1 Å². The van der Waals surface area contributed by atoms with Gasteiger partial charge >= 0.3 is 0 Å². The highest BCUT2D eigenvalue weighted by molar-refractivity contribution is 8.15. The van der Waals surface area contributed by atoms with Crippen molar-refractivity contribution < 1.29 is 9.32 Å². The van der Waals surface area contributed by atoms with Gasteiger partial charge in [0.15, 0.2) is 11.1 Å². The van der Waals surface area contributed by atoms with E-state index in [9.17, 15) is 4.79 Å². The molecule has 7 heteroatoms. The first-order chi connectivity index (χ1) is 9.13. The van der Waals surface area contributed by atoms with Crippen LogP contribution in [0, 0.1) is 6.92 Å². The van der Waals surface area contributed by atoms with E-state index >= 15 is 0 Å². The second kappa shape index (κ2) is 4.79. The van der Waals surface area contributed by atoms with Gasteiger partial charge in [-0.05, 0) is 12.1 Å². The van der Waals surface area contributed by atoms with Gasteiger partial charge in [0.25, 0.3) is 5.91 Å². The Bertz CT molecular complexity index is 666. The van der Waals surface area contributed by atoms with E-state index in [2.05, 4.69) is 15.1 Å². The van der Waals surface area contributed by atoms with Crippen molar-refractivity contribution in [1.29, 1.82) is 0 Å². The molecule has 3 rings (SSSR count). The molecule has 1 unspecified atom stereocenters. The highest BCUT2D eigenvalue weighted by Gasteiger charge is 2.34. The number of halogens is 1. The summed E-state index contributed by atoms with van der Waals surface area (Å²) < 4.78 is 4.89. The highest BCUT2D eigenvalue weighted by atomic mass is 35.5. The first kappa shape index (κ1) is 12.4. The van der Waals surface area contributed by atoms with Gasteiger partial charge in [0.2, 0.25) is 5.89 Å². The number of carbonyl (C=O) groups excluding carboxylic acids is 1. The fraction of sp³-hybridized carbons (Fsp3) is 0.167. The van der Waals surface area contributed by atoms with Crippen LogP contribution in [0.25, 0.3) is 0 Å². The van der Waals surface area contributed by atoms with Crippen LogP contribution in [0.3, 0.4) is 0 Å². The number of amides is 1. The predicted molar refractivity (Wildman–Crippen MR) is 72.4 cm³/mol. The van der Waals surface area contributed by atoms with E-state index < -0.39 is 5.25 Å². The molecule has 1 aromatic carbocycles. The summed E-state index contributed by atoms with van der Waals surface area (Å²) in [6.07, 6.45) is 0. The average Bonchev–Trinajstić information content (AvgIpc) is 2.96. The summed E-state index contributed by atoms with van der Waals surface area (Å²) in [6.45, 7) is 1.68. The zero-order chi connectivity index (χ0) is 13.4. The summed E-state index contributed by atoms with van der Waals surface area (Å²) in [7, 11) is 0. The number of aryl methyl sites for hydroxylation is 1. The van der Waals surface area contributed by atoms with Gasteiger partial charge in [-0.2, -0.15) is 4.98 Å². The molecular formula is C12H8ClN3O2S. The Morgan fingerprint density at radius 3 is 2.68 bits per heavy atom. The molecule has 1 amide bonds. The third-order valence-electron chi connectivity index (χ3n) is 2.53. The SMILES string of the molecule is Cc1nc(C2SC(c3ccc(Cl)cc3)=NC2=O)no1. The van der Waals surface area contributed by atoms with Crippen LogP contribution in [0.4, 0.5) is 0 Å². The smallest absolute Gasteiger partial charge is 0.268 e. The van der Waals surface area contributed by atoms with Gasteiger partial charge in [0, 0.05) is 17.5 Å². The molecule has 0 aliphatic carbocycles. The quantitative estimate of drug-likeness (QED) is 0.851. The second-order valence-corrected chi connectivity index (χ2v) is 5.46. The molecule has 0 bridgehead atoms. The largest absolute Gasteiger partial charge is 0.340 e. The Hall–Kier alpha value is -1.66.